The quantitative estimate of drug-likeness (QED) is 0.257. The number of aromatic nitrogens is 2. The molecule has 4 aromatic rings. The van der Waals surface area contributed by atoms with Gasteiger partial charge in [0.1, 0.15) is 11.3 Å². The van der Waals surface area contributed by atoms with Crippen molar-refractivity contribution in [2.75, 3.05) is 13.7 Å². The number of rotatable bonds is 10. The van der Waals surface area contributed by atoms with Gasteiger partial charge in [-0.25, -0.2) is 0 Å². The Kier molecular flexibility index (Phi) is 8.19. The van der Waals surface area contributed by atoms with E-state index in [9.17, 15) is 9.59 Å². The first-order valence-electron chi connectivity index (χ1n) is 14.1. The van der Waals surface area contributed by atoms with Crippen LogP contribution >= 0.6 is 0 Å². The number of pyridine rings is 1. The van der Waals surface area contributed by atoms with Crippen LogP contribution in [0.25, 0.3) is 10.9 Å². The van der Waals surface area contributed by atoms with Gasteiger partial charge < -0.3 is 20.4 Å². The number of para-hydroxylation sites is 1. The van der Waals surface area contributed by atoms with Crippen molar-refractivity contribution in [1.82, 2.24) is 20.6 Å². The minimum absolute atomic E-state index is 0.165. The lowest BCUT2D eigenvalue weighted by atomic mass is 9.71. The third-order valence-electron chi connectivity index (χ3n) is 8.27. The summed E-state index contributed by atoms with van der Waals surface area (Å²) in [7, 11) is 1.61. The highest BCUT2D eigenvalue weighted by molar-refractivity contribution is 5.93. The monoisotopic (exact) mass is 538 g/mol. The number of fused-ring (bicyclic) bond motifs is 1. The molecule has 2 heterocycles. The number of hydrogen-bond donors (Lipinski definition) is 3. The first-order chi connectivity index (χ1) is 19.4. The normalized spacial score (nSPS) is 16.1. The lowest BCUT2D eigenvalue weighted by molar-refractivity contribution is -0.133. The van der Waals surface area contributed by atoms with Gasteiger partial charge >= 0.3 is 0 Å². The van der Waals surface area contributed by atoms with Gasteiger partial charge in [-0.15, -0.1) is 0 Å². The molecule has 1 aliphatic rings. The molecule has 3 N–H and O–H groups in total. The lowest BCUT2D eigenvalue weighted by Gasteiger charge is -2.38. The second-order valence-corrected chi connectivity index (χ2v) is 11.2. The summed E-state index contributed by atoms with van der Waals surface area (Å²) in [4.78, 5) is 35.4. The molecule has 2 aromatic carbocycles. The van der Waals surface area contributed by atoms with Gasteiger partial charge in [0.25, 0.3) is 0 Å². The second kappa shape index (κ2) is 11.9. The number of hydrogen-bond acceptors (Lipinski definition) is 4. The zero-order valence-corrected chi connectivity index (χ0v) is 23.3. The number of H-pyrrole nitrogens is 1. The zero-order chi connectivity index (χ0) is 28.0. The third-order valence-corrected chi connectivity index (χ3v) is 8.27. The van der Waals surface area contributed by atoms with Gasteiger partial charge in [0.05, 0.1) is 13.5 Å². The lowest BCUT2D eigenvalue weighted by Crippen LogP contribution is -2.60. The van der Waals surface area contributed by atoms with Gasteiger partial charge in [-0.1, -0.05) is 55.7 Å². The van der Waals surface area contributed by atoms with Gasteiger partial charge in [-0.2, -0.15) is 0 Å². The van der Waals surface area contributed by atoms with E-state index >= 15 is 0 Å². The van der Waals surface area contributed by atoms with Gasteiger partial charge in [0, 0.05) is 47.4 Å². The van der Waals surface area contributed by atoms with Crippen molar-refractivity contribution < 1.29 is 14.3 Å². The van der Waals surface area contributed by atoms with Crippen LogP contribution in [0.2, 0.25) is 0 Å². The van der Waals surface area contributed by atoms with Crippen LogP contribution < -0.4 is 15.4 Å². The molecule has 0 unspecified atom stereocenters. The first kappa shape index (κ1) is 27.4. The molecule has 1 fully saturated rings. The predicted molar refractivity (Wildman–Crippen MR) is 157 cm³/mol. The van der Waals surface area contributed by atoms with Crippen LogP contribution in [-0.2, 0) is 27.8 Å². The zero-order valence-electron chi connectivity index (χ0n) is 23.3. The van der Waals surface area contributed by atoms with Gasteiger partial charge in [-0.05, 0) is 61.2 Å². The molecule has 2 aromatic heterocycles. The van der Waals surface area contributed by atoms with Crippen LogP contribution in [0.5, 0.6) is 5.75 Å². The Bertz CT molecular complexity index is 1440. The standard InChI is InChI=1S/C33H38N4O3/c1-32(21-25-22-35-28-11-5-4-10-27(25)28,37-30(38)20-24-13-15-26(40-2)16-14-24)31(39)36-23-33(17-7-3-8-18-33)29-12-6-9-19-34-29/h4-6,9-16,19,22,35H,3,7-8,17-18,20-21,23H2,1-2H3,(H,36,39)(H,37,38)/t32-/m0/s1. The molecule has 0 radical (unpaired) electrons. The third kappa shape index (κ3) is 6.03. The number of benzene rings is 2. The molecule has 208 valence electrons. The number of nitrogens with one attached hydrogen (secondary N) is 3. The van der Waals surface area contributed by atoms with E-state index < -0.39 is 5.54 Å². The molecule has 7 nitrogen and oxygen atoms in total. The molecular formula is C33H38N4O3. The van der Waals surface area contributed by atoms with E-state index in [0.29, 0.717) is 13.0 Å². The summed E-state index contributed by atoms with van der Waals surface area (Å²) in [5.41, 5.74) is 2.50. The molecular weight excluding hydrogens is 500 g/mol. The average molecular weight is 539 g/mol. The highest BCUT2D eigenvalue weighted by Gasteiger charge is 2.40. The average Bonchev–Trinajstić information content (AvgIpc) is 3.39. The van der Waals surface area contributed by atoms with E-state index in [0.717, 1.165) is 59.2 Å². The van der Waals surface area contributed by atoms with Crippen LogP contribution in [0.1, 0.15) is 55.8 Å². The number of ether oxygens (including phenoxy) is 1. The molecule has 5 rings (SSSR count). The van der Waals surface area contributed by atoms with Crippen molar-refractivity contribution in [2.45, 2.75) is 62.8 Å². The summed E-state index contributed by atoms with van der Waals surface area (Å²) in [5.74, 6) is 0.332. The minimum Gasteiger partial charge on any atom is -0.497 e. The largest absolute Gasteiger partial charge is 0.497 e. The Morgan fingerprint density at radius 1 is 1.00 bits per heavy atom. The van der Waals surface area contributed by atoms with E-state index in [2.05, 4.69) is 26.7 Å². The summed E-state index contributed by atoms with van der Waals surface area (Å²) in [6.07, 6.45) is 9.65. The Hall–Kier alpha value is -4.13. The maximum absolute atomic E-state index is 14.0. The molecule has 40 heavy (non-hydrogen) atoms. The molecule has 2 amide bonds. The number of amides is 2. The molecule has 0 saturated heterocycles. The van der Waals surface area contributed by atoms with E-state index in [-0.39, 0.29) is 23.7 Å². The molecule has 0 spiro atoms. The fraction of sp³-hybridized carbons (Fsp3) is 0.364. The van der Waals surface area contributed by atoms with E-state index in [1.807, 2.05) is 80.0 Å². The van der Waals surface area contributed by atoms with E-state index in [1.165, 1.54) is 6.42 Å². The number of aromatic amines is 1. The van der Waals surface area contributed by atoms with Crippen molar-refractivity contribution in [2.24, 2.45) is 0 Å². The Morgan fingerprint density at radius 2 is 1.75 bits per heavy atom. The summed E-state index contributed by atoms with van der Waals surface area (Å²) in [6.45, 7) is 2.31. The van der Waals surface area contributed by atoms with E-state index in [1.54, 1.807) is 7.11 Å². The van der Waals surface area contributed by atoms with Crippen molar-refractivity contribution in [3.63, 3.8) is 0 Å². The maximum Gasteiger partial charge on any atom is 0.245 e. The summed E-state index contributed by atoms with van der Waals surface area (Å²) in [6, 6.07) is 21.4. The second-order valence-electron chi connectivity index (χ2n) is 11.2. The summed E-state index contributed by atoms with van der Waals surface area (Å²) < 4.78 is 5.24. The molecule has 1 atom stereocenters. The van der Waals surface area contributed by atoms with Crippen molar-refractivity contribution in [1.29, 1.82) is 0 Å². The van der Waals surface area contributed by atoms with Crippen LogP contribution in [0.4, 0.5) is 0 Å². The van der Waals surface area contributed by atoms with Crippen LogP contribution in [-0.4, -0.2) is 41.0 Å². The molecule has 0 aliphatic heterocycles. The van der Waals surface area contributed by atoms with Gasteiger partial charge in [0.15, 0.2) is 0 Å². The van der Waals surface area contributed by atoms with E-state index in [4.69, 9.17) is 4.74 Å². The number of carbonyl (C=O) groups is 2. The van der Waals surface area contributed by atoms with Gasteiger partial charge in [-0.3, -0.25) is 14.6 Å². The molecule has 7 heteroatoms. The Balaban J connectivity index is 1.38. The fourth-order valence-corrected chi connectivity index (χ4v) is 5.99. The fourth-order valence-electron chi connectivity index (χ4n) is 5.99. The highest BCUT2D eigenvalue weighted by Crippen LogP contribution is 2.38. The molecule has 0 bridgehead atoms. The van der Waals surface area contributed by atoms with Crippen LogP contribution in [0, 0.1) is 0 Å². The SMILES string of the molecule is COc1ccc(CC(=O)N[C@@](C)(Cc2c[nH]c3ccccc23)C(=O)NCC2(c3ccccn3)CCCCC2)cc1. The minimum atomic E-state index is -1.16. The molecule has 1 saturated carbocycles. The first-order valence-corrected chi connectivity index (χ1v) is 14.1. The topological polar surface area (TPSA) is 96.1 Å². The highest BCUT2D eigenvalue weighted by atomic mass is 16.5. The summed E-state index contributed by atoms with van der Waals surface area (Å²) in [5, 5.41) is 7.40. The van der Waals surface area contributed by atoms with Crippen LogP contribution in [0.15, 0.2) is 79.1 Å². The Morgan fingerprint density at radius 3 is 2.48 bits per heavy atom. The number of carbonyl (C=O) groups excluding carboxylic acids is 2. The number of methoxy groups -OCH3 is 1. The van der Waals surface area contributed by atoms with Gasteiger partial charge in [0.2, 0.25) is 11.8 Å². The van der Waals surface area contributed by atoms with Crippen molar-refractivity contribution in [3.8, 4) is 5.75 Å². The maximum atomic E-state index is 14.0. The summed E-state index contributed by atoms with van der Waals surface area (Å²) >= 11 is 0. The number of nitrogens with zero attached hydrogens (tertiary/aromatic N) is 1. The van der Waals surface area contributed by atoms with Crippen molar-refractivity contribution in [3.05, 3.63) is 95.9 Å². The Labute approximate surface area is 235 Å². The predicted octanol–water partition coefficient (Wildman–Crippen LogP) is 5.25. The van der Waals surface area contributed by atoms with Crippen molar-refractivity contribution >= 4 is 22.7 Å². The smallest absolute Gasteiger partial charge is 0.245 e. The molecule has 1 aliphatic carbocycles. The van der Waals surface area contributed by atoms with Crippen LogP contribution in [0.3, 0.4) is 0 Å².